The van der Waals surface area contributed by atoms with Gasteiger partial charge in [0, 0.05) is 153 Å². The molecule has 0 aromatic heterocycles. The quantitative estimate of drug-likeness (QED) is 0.00723. The standard InChI is InChI=1S/C27H34O6.C25H32O5.2C24H30O5.Na/c1-5-6-9-17(2)22(29)15-14-20-23(32-18(3)28)16-24-26(20)21-12-7-10-19(27(21)33-24)11-8-13-25(30)31-4;1-4-5-8-16(2)20(26)14-13-18-21(27)15-22-24(18)19-11-6-9-17(25(19)30-22)10-7-12-23(28)29-3;2*1-3-4-7-15(2)19(25)13-12-17-20(26)14-21-23(17)18-10-5-8-16(24(18)29-21)9-6-11-22(27)28;/h7,10,12,14-15,17,20,22-24,26,29H,8-9,11,13,16H2,1-4H3;6,9,11,13-14,16,18,20-22,24,26-27H,7-8,10,12,15H2,1-3H3;2*5,8,10,12-13,15,17,19-21,23,25-26H,6-7,9,11,14H2,1-2H3,(H,27,28);/q;;;;+1/p-1/b15-14+;14-13+;2*13-12+;/t17?,20-,22+,23+,24-,26?;16?,18-,20+,21+,22-,24?;2*15?,17-,19+,20+,21-,23?;/m0000./s1. The summed E-state index contributed by atoms with van der Waals surface area (Å²) >= 11 is 0. The van der Waals surface area contributed by atoms with Crippen molar-refractivity contribution in [2.24, 2.45) is 47.3 Å². The van der Waals surface area contributed by atoms with Crippen LogP contribution in [0.1, 0.15) is 233 Å². The predicted molar refractivity (Wildman–Crippen MR) is 458 cm³/mol. The molecule has 652 valence electrons. The maximum Gasteiger partial charge on any atom is 1.00 e. The molecule has 0 amide bonds. The van der Waals surface area contributed by atoms with Crippen LogP contribution in [0.2, 0.25) is 0 Å². The van der Waals surface area contributed by atoms with Crippen molar-refractivity contribution < 1.29 is 133 Å². The van der Waals surface area contributed by atoms with Crippen LogP contribution in [0, 0.1) is 94.7 Å². The fourth-order valence-electron chi connectivity index (χ4n) is 18.1. The number of benzene rings is 4. The van der Waals surface area contributed by atoms with Crippen molar-refractivity contribution in [1.29, 1.82) is 0 Å². The van der Waals surface area contributed by atoms with Gasteiger partial charge in [-0.2, -0.15) is 0 Å². The Balaban J connectivity index is 0.000000202. The van der Waals surface area contributed by atoms with Gasteiger partial charge in [-0.3, -0.25) is 19.2 Å². The molecule has 4 saturated carbocycles. The molecule has 8 aliphatic rings. The Morgan fingerprint density at radius 3 is 0.975 bits per heavy atom. The number of para-hydroxylation sites is 4. The van der Waals surface area contributed by atoms with Gasteiger partial charge in [-0.15, -0.1) is 47.4 Å². The third kappa shape index (κ3) is 26.2. The molecule has 12 rings (SSSR count). The van der Waals surface area contributed by atoms with E-state index in [2.05, 4.69) is 59.5 Å². The fraction of sp³-hybridized carbons (Fsp3) is 0.550. The van der Waals surface area contributed by atoms with Crippen molar-refractivity contribution in [1.82, 2.24) is 0 Å². The average molecular weight is 1690 g/mol. The first kappa shape index (κ1) is 98.8. The molecule has 0 saturated heterocycles. The number of fused-ring (bicyclic) bond motifs is 12. The largest absolute Gasteiger partial charge is 1.00 e. The molecule has 122 heavy (non-hydrogen) atoms. The zero-order valence-electron chi connectivity index (χ0n) is 72.9. The van der Waals surface area contributed by atoms with E-state index in [-0.39, 0.29) is 162 Å². The molecule has 4 aromatic carbocycles. The van der Waals surface area contributed by atoms with E-state index in [1.165, 1.54) is 21.1 Å². The number of rotatable bonds is 33. The zero-order chi connectivity index (χ0) is 87.6. The van der Waals surface area contributed by atoms with Crippen LogP contribution in [0.5, 0.6) is 23.0 Å². The summed E-state index contributed by atoms with van der Waals surface area (Å²) in [5.74, 6) is 24.2. The molecule has 0 radical (unpaired) electrons. The van der Waals surface area contributed by atoms with E-state index in [4.69, 9.17) is 38.3 Å². The summed E-state index contributed by atoms with van der Waals surface area (Å²) in [7, 11) is 2.80. The third-order valence-electron chi connectivity index (χ3n) is 24.9. The van der Waals surface area contributed by atoms with Crippen LogP contribution in [-0.4, -0.2) is 158 Å². The number of hydrogen-bond acceptors (Lipinski definition) is 20. The average Bonchev–Trinajstić information content (AvgIpc) is 1.61. The minimum absolute atomic E-state index is 0. The molecule has 8 unspecified atom stereocenters. The van der Waals surface area contributed by atoms with Crippen molar-refractivity contribution in [3.63, 3.8) is 0 Å². The number of carboxylic acid groups (broad SMARTS) is 2. The molecule has 8 N–H and O–H groups in total. The van der Waals surface area contributed by atoms with Crippen LogP contribution in [0.25, 0.3) is 0 Å². The first-order chi connectivity index (χ1) is 58.1. The van der Waals surface area contributed by atoms with Crippen LogP contribution in [0.4, 0.5) is 0 Å². The number of aliphatic carboxylic acids is 2. The third-order valence-corrected chi connectivity index (χ3v) is 24.9. The zero-order valence-corrected chi connectivity index (χ0v) is 74.9. The molecular weight excluding hydrogens is 1560 g/mol. The minimum atomic E-state index is -1.04. The van der Waals surface area contributed by atoms with E-state index in [0.29, 0.717) is 103 Å². The second kappa shape index (κ2) is 48.6. The van der Waals surface area contributed by atoms with E-state index < -0.39 is 54.7 Å². The van der Waals surface area contributed by atoms with Gasteiger partial charge in [-0.05, 0) is 131 Å². The number of carbonyl (C=O) groups is 5. The second-order valence-electron chi connectivity index (χ2n) is 33.4. The van der Waals surface area contributed by atoms with Crippen molar-refractivity contribution in [3.8, 4) is 70.4 Å². The van der Waals surface area contributed by atoms with Crippen LogP contribution < -0.4 is 53.6 Å². The number of methoxy groups -OCH3 is 2. The molecule has 4 aromatic rings. The van der Waals surface area contributed by atoms with E-state index in [0.717, 1.165) is 80.3 Å². The van der Waals surface area contributed by atoms with Gasteiger partial charge in [-0.1, -0.05) is 149 Å². The SMILES string of the molecule is CC#CCC(C)[C@H](O)/C=C/[C@@H]1C2c3cccc(CCCC(=O)O)c3O[C@H]2C[C@H]1O.CC#CCC(C)[C@H](O)/C=C/[C@@H]1C2c3cccc(CCCC(=O)OC)c3O[C@H]2C[C@H]1O.CC#CCC(C)[C@H](O)/C=C/[C@@H]1C2c3cccc(CCCC(=O)OC)c3O[C@H]2C[C@H]1OC(C)=O.CC#CCC(C)[C@H](O)/C=C/[C@@H]1C2c3cccc(CCCC(=O)[O-])c3O[C@H]2C[C@H]1O.[Na+]. The van der Waals surface area contributed by atoms with Gasteiger partial charge < -0.3 is 83.9 Å². The smallest absolute Gasteiger partial charge is 0.550 e. The van der Waals surface area contributed by atoms with Crippen molar-refractivity contribution in [2.75, 3.05) is 14.2 Å². The van der Waals surface area contributed by atoms with Gasteiger partial charge in [0.25, 0.3) is 0 Å². The molecule has 0 spiro atoms. The predicted octanol–water partition coefficient (Wildman–Crippen LogP) is 9.56. The minimum Gasteiger partial charge on any atom is -0.550 e. The number of carbonyl (C=O) groups excluding carboxylic acids is 4. The fourth-order valence-corrected chi connectivity index (χ4v) is 18.1. The number of esters is 3. The van der Waals surface area contributed by atoms with Crippen molar-refractivity contribution >= 4 is 29.8 Å². The van der Waals surface area contributed by atoms with E-state index >= 15 is 0 Å². The number of carboxylic acids is 2. The van der Waals surface area contributed by atoms with E-state index in [1.54, 1.807) is 45.9 Å². The number of aliphatic hydroxyl groups excluding tert-OH is 7. The number of aliphatic hydroxyl groups is 7. The molecule has 22 heteroatoms. The molecule has 0 bridgehead atoms. The summed E-state index contributed by atoms with van der Waals surface area (Å²) < 4.78 is 40.1. The Bertz CT molecular complexity index is 4420. The first-order valence-electron chi connectivity index (χ1n) is 43.1. The molecule has 4 fully saturated rings. The summed E-state index contributed by atoms with van der Waals surface area (Å²) in [6, 6.07) is 24.2. The molecule has 4 aliphatic carbocycles. The Morgan fingerprint density at radius 2 is 0.705 bits per heavy atom. The molecule has 4 heterocycles. The van der Waals surface area contributed by atoms with Gasteiger partial charge in [0.15, 0.2) is 0 Å². The summed E-state index contributed by atoms with van der Waals surface area (Å²) in [6.45, 7) is 16.4. The van der Waals surface area contributed by atoms with E-state index in [9.17, 15) is 64.8 Å². The normalized spacial score (nSPS) is 26.0. The Hall–Kier alpha value is -8.65. The van der Waals surface area contributed by atoms with Crippen LogP contribution >= 0.6 is 0 Å². The summed E-state index contributed by atoms with van der Waals surface area (Å²) in [5, 5.41) is 93.2. The second-order valence-corrected chi connectivity index (χ2v) is 33.4. The Morgan fingerprint density at radius 1 is 0.434 bits per heavy atom. The topological polar surface area (TPSA) is 335 Å². The molecule has 21 nitrogen and oxygen atoms in total. The van der Waals surface area contributed by atoms with Gasteiger partial charge in [0.2, 0.25) is 0 Å². The van der Waals surface area contributed by atoms with Gasteiger partial charge in [-0.25, -0.2) is 0 Å². The van der Waals surface area contributed by atoms with Crippen LogP contribution in [0.3, 0.4) is 0 Å². The van der Waals surface area contributed by atoms with Gasteiger partial charge in [0.1, 0.15) is 53.5 Å². The first-order valence-corrected chi connectivity index (χ1v) is 43.1. The summed E-state index contributed by atoms with van der Waals surface area (Å²) in [6.07, 6.45) is 21.3. The maximum absolute atomic E-state index is 11.7. The molecular formula is C100H125NaO21. The number of hydrogen-bond donors (Lipinski definition) is 8. The van der Waals surface area contributed by atoms with Crippen LogP contribution in [0.15, 0.2) is 121 Å². The van der Waals surface area contributed by atoms with E-state index in [1.807, 2.05) is 119 Å². The monoisotopic (exact) mass is 1680 g/mol. The molecule has 24 atom stereocenters. The van der Waals surface area contributed by atoms with Crippen LogP contribution in [-0.2, 0) is 63.9 Å². The number of aryl methyl sites for hydroxylation is 4. The van der Waals surface area contributed by atoms with Crippen molar-refractivity contribution in [2.45, 2.75) is 288 Å². The summed E-state index contributed by atoms with van der Waals surface area (Å²) in [4.78, 5) is 56.1. The van der Waals surface area contributed by atoms with Gasteiger partial charge in [0.05, 0.1) is 56.9 Å². The molecule has 4 aliphatic heterocycles. The van der Waals surface area contributed by atoms with Crippen molar-refractivity contribution in [3.05, 3.63) is 166 Å². The Labute approximate surface area is 743 Å². The van der Waals surface area contributed by atoms with Gasteiger partial charge >= 0.3 is 53.4 Å². The Kier molecular flexibility index (Phi) is 39.3. The maximum atomic E-state index is 11.7. The number of ether oxygens (including phenoxy) is 7. The summed E-state index contributed by atoms with van der Waals surface area (Å²) in [5.41, 5.74) is 8.55.